The molecule has 0 aliphatic carbocycles. The molecule has 0 saturated carbocycles. The first-order valence-electron chi connectivity index (χ1n) is 5.69. The van der Waals surface area contributed by atoms with Crippen molar-refractivity contribution in [3.05, 3.63) is 29.8 Å². The molecule has 5 heteroatoms. The second-order valence-electron chi connectivity index (χ2n) is 3.88. The summed E-state index contributed by atoms with van der Waals surface area (Å²) in [7, 11) is -1.06. The Kier molecular flexibility index (Phi) is 6.09. The number of nitriles is 1. The minimum atomic E-state index is -1.06. The molecule has 1 aromatic rings. The number of carboxylic acid groups (broad SMARTS) is 1. The highest BCUT2D eigenvalue weighted by Crippen LogP contribution is 2.11. The average Bonchev–Trinajstić information content (AvgIpc) is 2.34. The molecule has 1 aromatic carbocycles. The van der Waals surface area contributed by atoms with E-state index in [0.717, 1.165) is 12.8 Å². The van der Waals surface area contributed by atoms with E-state index in [1.807, 2.05) is 0 Å². The number of hydrogen-bond donors (Lipinski definition) is 1. The molecule has 1 unspecified atom stereocenters. The van der Waals surface area contributed by atoms with Gasteiger partial charge in [0.1, 0.15) is 0 Å². The van der Waals surface area contributed by atoms with Crippen LogP contribution in [-0.4, -0.2) is 21.0 Å². The number of unbranched alkanes of at least 4 members (excludes halogenated alkanes) is 2. The molecule has 1 N–H and O–H groups in total. The molecule has 0 heterocycles. The highest BCUT2D eigenvalue weighted by molar-refractivity contribution is 7.85. The number of hydrogen-bond acceptors (Lipinski definition) is 3. The van der Waals surface area contributed by atoms with Crippen LogP contribution in [0.2, 0.25) is 0 Å². The van der Waals surface area contributed by atoms with Crippen molar-refractivity contribution in [2.75, 3.05) is 5.75 Å². The van der Waals surface area contributed by atoms with Gasteiger partial charge in [0.25, 0.3) is 0 Å². The summed E-state index contributed by atoms with van der Waals surface area (Å²) in [4.78, 5) is 11.2. The SMILES string of the molecule is N#CCCCCS(=O)c1ccc(CC(=O)O)cc1. The number of aliphatic carboxylic acids is 1. The van der Waals surface area contributed by atoms with Gasteiger partial charge in [0.05, 0.1) is 23.3 Å². The Bertz CT molecular complexity index is 462. The zero-order valence-electron chi connectivity index (χ0n) is 9.96. The highest BCUT2D eigenvalue weighted by atomic mass is 32.2. The summed E-state index contributed by atoms with van der Waals surface area (Å²) >= 11 is 0. The number of nitrogens with zero attached hydrogens (tertiary/aromatic N) is 1. The molecule has 18 heavy (non-hydrogen) atoms. The van der Waals surface area contributed by atoms with Crippen LogP contribution >= 0.6 is 0 Å². The van der Waals surface area contributed by atoms with E-state index in [1.54, 1.807) is 24.3 Å². The predicted octanol–water partition coefficient (Wildman–Crippen LogP) is 2.12. The van der Waals surface area contributed by atoms with Crippen LogP contribution in [0.4, 0.5) is 0 Å². The molecule has 1 rings (SSSR count). The third-order valence-corrected chi connectivity index (χ3v) is 3.87. The molecular formula is C13H15NO3S. The second kappa shape index (κ2) is 7.62. The van der Waals surface area contributed by atoms with Gasteiger partial charge in [-0.25, -0.2) is 0 Å². The quantitative estimate of drug-likeness (QED) is 0.766. The predicted molar refractivity (Wildman–Crippen MR) is 68.5 cm³/mol. The van der Waals surface area contributed by atoms with E-state index < -0.39 is 16.8 Å². The van der Waals surface area contributed by atoms with Crippen LogP contribution in [0.1, 0.15) is 24.8 Å². The van der Waals surface area contributed by atoms with Crippen LogP contribution in [0, 0.1) is 11.3 Å². The minimum absolute atomic E-state index is 0.0188. The van der Waals surface area contributed by atoms with Crippen molar-refractivity contribution in [1.82, 2.24) is 0 Å². The summed E-state index contributed by atoms with van der Waals surface area (Å²) in [5, 5.41) is 17.0. The maximum absolute atomic E-state index is 11.9. The normalized spacial score (nSPS) is 11.7. The molecule has 0 spiro atoms. The van der Waals surface area contributed by atoms with E-state index in [-0.39, 0.29) is 6.42 Å². The third kappa shape index (κ3) is 5.11. The Morgan fingerprint density at radius 2 is 1.94 bits per heavy atom. The van der Waals surface area contributed by atoms with Gasteiger partial charge in [-0.1, -0.05) is 12.1 Å². The van der Waals surface area contributed by atoms with Gasteiger partial charge in [-0.3, -0.25) is 9.00 Å². The summed E-state index contributed by atoms with van der Waals surface area (Å²) in [6, 6.07) is 8.85. The fourth-order valence-corrected chi connectivity index (χ4v) is 2.63. The Hall–Kier alpha value is -1.67. The van der Waals surface area contributed by atoms with E-state index >= 15 is 0 Å². The highest BCUT2D eigenvalue weighted by Gasteiger charge is 2.05. The Labute approximate surface area is 109 Å². The lowest BCUT2D eigenvalue weighted by molar-refractivity contribution is -0.136. The molecule has 96 valence electrons. The third-order valence-electron chi connectivity index (χ3n) is 2.41. The zero-order valence-corrected chi connectivity index (χ0v) is 10.8. The Morgan fingerprint density at radius 3 is 2.50 bits per heavy atom. The fraction of sp³-hybridized carbons (Fsp3) is 0.385. The number of rotatable bonds is 7. The molecule has 0 aromatic heterocycles. The van der Waals surface area contributed by atoms with Gasteiger partial charge in [-0.2, -0.15) is 5.26 Å². The monoisotopic (exact) mass is 265 g/mol. The number of benzene rings is 1. The second-order valence-corrected chi connectivity index (χ2v) is 5.45. The summed E-state index contributed by atoms with van der Waals surface area (Å²) in [5.74, 6) is -0.333. The summed E-state index contributed by atoms with van der Waals surface area (Å²) in [6.45, 7) is 0. The van der Waals surface area contributed by atoms with Gasteiger partial charge in [-0.15, -0.1) is 0 Å². The average molecular weight is 265 g/mol. The molecule has 0 radical (unpaired) electrons. The van der Waals surface area contributed by atoms with Gasteiger partial charge in [0.2, 0.25) is 0 Å². The van der Waals surface area contributed by atoms with E-state index in [1.165, 1.54) is 0 Å². The first-order chi connectivity index (χ1) is 8.63. The smallest absolute Gasteiger partial charge is 0.307 e. The number of carbonyl (C=O) groups is 1. The van der Waals surface area contributed by atoms with Gasteiger partial charge in [0.15, 0.2) is 0 Å². The summed E-state index contributed by atoms with van der Waals surface area (Å²) < 4.78 is 11.9. The Morgan fingerprint density at radius 1 is 1.28 bits per heavy atom. The first-order valence-corrected chi connectivity index (χ1v) is 7.01. The van der Waals surface area contributed by atoms with Gasteiger partial charge in [0, 0.05) is 17.1 Å². The van der Waals surface area contributed by atoms with Gasteiger partial charge >= 0.3 is 5.97 Å². The van der Waals surface area contributed by atoms with Crippen molar-refractivity contribution >= 4 is 16.8 Å². The topological polar surface area (TPSA) is 78.2 Å². The zero-order chi connectivity index (χ0) is 13.4. The van der Waals surface area contributed by atoms with Gasteiger partial charge in [-0.05, 0) is 30.5 Å². The first kappa shape index (κ1) is 14.4. The van der Waals surface area contributed by atoms with Gasteiger partial charge < -0.3 is 5.11 Å². The lowest BCUT2D eigenvalue weighted by Gasteiger charge is -2.03. The molecule has 4 nitrogen and oxygen atoms in total. The molecule has 0 bridgehead atoms. The standard InChI is InChI=1S/C13H15NO3S/c14-8-2-1-3-9-18(17)12-6-4-11(5-7-12)10-13(15)16/h4-7H,1-3,9-10H2,(H,15,16). The molecule has 0 amide bonds. The van der Waals surface area contributed by atoms with Crippen LogP contribution < -0.4 is 0 Å². The molecule has 0 aliphatic rings. The lowest BCUT2D eigenvalue weighted by atomic mass is 10.2. The number of carboxylic acids is 1. The van der Waals surface area contributed by atoms with E-state index in [0.29, 0.717) is 22.6 Å². The molecular weight excluding hydrogens is 250 g/mol. The maximum Gasteiger partial charge on any atom is 0.307 e. The van der Waals surface area contributed by atoms with E-state index in [4.69, 9.17) is 10.4 Å². The fourth-order valence-electron chi connectivity index (χ4n) is 1.49. The van der Waals surface area contributed by atoms with Crippen LogP contribution in [-0.2, 0) is 22.0 Å². The minimum Gasteiger partial charge on any atom is -0.481 e. The molecule has 0 aliphatic heterocycles. The van der Waals surface area contributed by atoms with Crippen LogP contribution in [0.5, 0.6) is 0 Å². The largest absolute Gasteiger partial charge is 0.481 e. The van der Waals surface area contributed by atoms with E-state index in [2.05, 4.69) is 6.07 Å². The Balaban J connectivity index is 2.49. The van der Waals surface area contributed by atoms with Crippen molar-refractivity contribution in [1.29, 1.82) is 5.26 Å². The van der Waals surface area contributed by atoms with Crippen molar-refractivity contribution < 1.29 is 14.1 Å². The molecule has 1 atom stereocenters. The maximum atomic E-state index is 11.9. The summed E-state index contributed by atoms with van der Waals surface area (Å²) in [5.41, 5.74) is 0.702. The summed E-state index contributed by atoms with van der Waals surface area (Å²) in [6.07, 6.45) is 2.00. The van der Waals surface area contributed by atoms with Crippen molar-refractivity contribution in [3.63, 3.8) is 0 Å². The van der Waals surface area contributed by atoms with Crippen molar-refractivity contribution in [3.8, 4) is 6.07 Å². The lowest BCUT2D eigenvalue weighted by Crippen LogP contribution is -2.01. The van der Waals surface area contributed by atoms with Crippen LogP contribution in [0.25, 0.3) is 0 Å². The van der Waals surface area contributed by atoms with Crippen LogP contribution in [0.3, 0.4) is 0 Å². The van der Waals surface area contributed by atoms with E-state index in [9.17, 15) is 9.00 Å². The van der Waals surface area contributed by atoms with Crippen molar-refractivity contribution in [2.24, 2.45) is 0 Å². The molecule has 0 fully saturated rings. The van der Waals surface area contributed by atoms with Crippen LogP contribution in [0.15, 0.2) is 29.2 Å². The molecule has 0 saturated heterocycles. The van der Waals surface area contributed by atoms with Crippen molar-refractivity contribution in [2.45, 2.75) is 30.6 Å².